The summed E-state index contributed by atoms with van der Waals surface area (Å²) < 4.78 is 21.1. The third-order valence-electron chi connectivity index (χ3n) is 2.69. The van der Waals surface area contributed by atoms with Crippen LogP contribution in [0.15, 0.2) is 28.8 Å². The van der Waals surface area contributed by atoms with Crippen LogP contribution >= 0.6 is 0 Å². The van der Waals surface area contributed by atoms with E-state index >= 15 is 0 Å². The molecule has 2 aromatic rings. The van der Waals surface area contributed by atoms with Gasteiger partial charge in [-0.1, -0.05) is 5.16 Å². The quantitative estimate of drug-likeness (QED) is 0.775. The zero-order chi connectivity index (χ0) is 14.4. The Bertz CT molecular complexity index is 524. The van der Waals surface area contributed by atoms with Crippen LogP contribution in [0.3, 0.4) is 0 Å². The molecule has 0 spiro atoms. The van der Waals surface area contributed by atoms with Crippen LogP contribution in [0.25, 0.3) is 0 Å². The van der Waals surface area contributed by atoms with Gasteiger partial charge >= 0.3 is 0 Å². The van der Waals surface area contributed by atoms with Gasteiger partial charge in [0.25, 0.3) is 5.89 Å². The van der Waals surface area contributed by atoms with E-state index < -0.39 is 0 Å². The second-order valence-electron chi connectivity index (χ2n) is 4.11. The van der Waals surface area contributed by atoms with Gasteiger partial charge in [0.1, 0.15) is 17.6 Å². The van der Waals surface area contributed by atoms with Crippen molar-refractivity contribution in [2.45, 2.75) is 26.6 Å². The van der Waals surface area contributed by atoms with Crippen LogP contribution in [0, 0.1) is 0 Å². The van der Waals surface area contributed by atoms with Crippen LogP contribution in [-0.4, -0.2) is 23.9 Å². The van der Waals surface area contributed by atoms with Gasteiger partial charge in [-0.05, 0) is 38.1 Å². The summed E-state index contributed by atoms with van der Waals surface area (Å²) in [5.41, 5.74) is 0. The number of methoxy groups -OCH3 is 1. The summed E-state index contributed by atoms with van der Waals surface area (Å²) in [7, 11) is 1.62. The minimum atomic E-state index is -0.182. The molecule has 0 saturated carbocycles. The fourth-order valence-corrected chi connectivity index (χ4v) is 1.63. The number of hydrogen-bond donors (Lipinski definition) is 0. The number of rotatable bonds is 7. The van der Waals surface area contributed by atoms with E-state index in [9.17, 15) is 0 Å². The maximum Gasteiger partial charge on any atom is 0.264 e. The van der Waals surface area contributed by atoms with Crippen molar-refractivity contribution < 1.29 is 18.7 Å². The minimum absolute atomic E-state index is 0.182. The SMILES string of the molecule is CCO[C@H](C)c1noc(COc2ccc(OC)cc2)n1. The molecule has 20 heavy (non-hydrogen) atoms. The lowest BCUT2D eigenvalue weighted by atomic mass is 10.3. The van der Waals surface area contributed by atoms with Crippen LogP contribution in [-0.2, 0) is 11.3 Å². The first-order valence-electron chi connectivity index (χ1n) is 6.44. The highest BCUT2D eigenvalue weighted by atomic mass is 16.5. The van der Waals surface area contributed by atoms with Crippen molar-refractivity contribution in [3.8, 4) is 11.5 Å². The van der Waals surface area contributed by atoms with Crippen molar-refractivity contribution in [2.75, 3.05) is 13.7 Å². The Kier molecular flexibility index (Phi) is 4.95. The predicted molar refractivity (Wildman–Crippen MR) is 71.7 cm³/mol. The molecule has 1 atom stereocenters. The standard InChI is InChI=1S/C14H18N2O4/c1-4-18-10(2)14-15-13(20-16-14)9-19-12-7-5-11(17-3)6-8-12/h5-8,10H,4,9H2,1-3H3/t10-/m1/s1. The molecule has 0 saturated heterocycles. The average molecular weight is 278 g/mol. The largest absolute Gasteiger partial charge is 0.497 e. The van der Waals surface area contributed by atoms with Crippen molar-refractivity contribution >= 4 is 0 Å². The van der Waals surface area contributed by atoms with E-state index in [1.165, 1.54) is 0 Å². The molecular weight excluding hydrogens is 260 g/mol. The summed E-state index contributed by atoms with van der Waals surface area (Å²) in [6, 6.07) is 7.29. The Morgan fingerprint density at radius 1 is 1.20 bits per heavy atom. The van der Waals surface area contributed by atoms with Gasteiger partial charge in [-0.15, -0.1) is 0 Å². The third kappa shape index (κ3) is 3.71. The number of ether oxygens (including phenoxy) is 3. The van der Waals surface area contributed by atoms with Gasteiger partial charge in [0, 0.05) is 6.61 Å². The lowest BCUT2D eigenvalue weighted by Crippen LogP contribution is -2.02. The second kappa shape index (κ2) is 6.91. The van der Waals surface area contributed by atoms with Gasteiger partial charge in [-0.3, -0.25) is 0 Å². The molecule has 0 radical (unpaired) electrons. The molecule has 0 N–H and O–H groups in total. The fraction of sp³-hybridized carbons (Fsp3) is 0.429. The van der Waals surface area contributed by atoms with E-state index in [1.807, 2.05) is 38.1 Å². The van der Waals surface area contributed by atoms with Gasteiger partial charge in [0.15, 0.2) is 12.4 Å². The van der Waals surface area contributed by atoms with Gasteiger partial charge in [-0.25, -0.2) is 0 Å². The first-order valence-corrected chi connectivity index (χ1v) is 6.44. The van der Waals surface area contributed by atoms with E-state index in [0.29, 0.717) is 24.1 Å². The zero-order valence-electron chi connectivity index (χ0n) is 11.8. The lowest BCUT2D eigenvalue weighted by Gasteiger charge is -2.05. The Morgan fingerprint density at radius 2 is 1.90 bits per heavy atom. The third-order valence-corrected chi connectivity index (χ3v) is 2.69. The molecule has 0 aliphatic heterocycles. The first-order chi connectivity index (χ1) is 9.72. The normalized spacial score (nSPS) is 12.2. The molecule has 0 unspecified atom stereocenters. The maximum atomic E-state index is 5.55. The monoisotopic (exact) mass is 278 g/mol. The molecule has 1 heterocycles. The summed E-state index contributed by atoms with van der Waals surface area (Å²) in [4.78, 5) is 4.23. The van der Waals surface area contributed by atoms with E-state index in [1.54, 1.807) is 7.11 Å². The average Bonchev–Trinajstić information content (AvgIpc) is 2.95. The molecule has 0 aliphatic rings. The number of aromatic nitrogens is 2. The summed E-state index contributed by atoms with van der Waals surface area (Å²) in [5, 5.41) is 3.86. The Morgan fingerprint density at radius 3 is 2.55 bits per heavy atom. The van der Waals surface area contributed by atoms with Gasteiger partial charge in [0.05, 0.1) is 7.11 Å². The minimum Gasteiger partial charge on any atom is -0.497 e. The topological polar surface area (TPSA) is 66.6 Å². The maximum absolute atomic E-state index is 5.55. The molecule has 6 nitrogen and oxygen atoms in total. The second-order valence-corrected chi connectivity index (χ2v) is 4.11. The summed E-state index contributed by atoms with van der Waals surface area (Å²) in [6.45, 7) is 4.62. The van der Waals surface area contributed by atoms with Crippen molar-refractivity contribution in [1.82, 2.24) is 10.1 Å². The molecule has 0 aliphatic carbocycles. The Hall–Kier alpha value is -2.08. The Balaban J connectivity index is 1.90. The summed E-state index contributed by atoms with van der Waals surface area (Å²) >= 11 is 0. The van der Waals surface area contributed by atoms with E-state index in [4.69, 9.17) is 18.7 Å². The van der Waals surface area contributed by atoms with Crippen molar-refractivity contribution in [3.63, 3.8) is 0 Å². The van der Waals surface area contributed by atoms with Crippen molar-refractivity contribution in [2.24, 2.45) is 0 Å². The lowest BCUT2D eigenvalue weighted by molar-refractivity contribution is 0.0683. The molecule has 1 aromatic heterocycles. The smallest absolute Gasteiger partial charge is 0.264 e. The van der Waals surface area contributed by atoms with Crippen LogP contribution in [0.4, 0.5) is 0 Å². The highest BCUT2D eigenvalue weighted by molar-refractivity contribution is 5.31. The van der Waals surface area contributed by atoms with Gasteiger partial charge in [-0.2, -0.15) is 4.98 Å². The summed E-state index contributed by atoms with van der Waals surface area (Å²) in [6.07, 6.45) is -0.182. The predicted octanol–water partition coefficient (Wildman–Crippen LogP) is 2.75. The molecule has 6 heteroatoms. The first kappa shape index (κ1) is 14.3. The highest BCUT2D eigenvalue weighted by Crippen LogP contribution is 2.18. The molecule has 0 bridgehead atoms. The zero-order valence-corrected chi connectivity index (χ0v) is 11.8. The number of hydrogen-bond acceptors (Lipinski definition) is 6. The molecule has 0 fully saturated rings. The Labute approximate surface area is 117 Å². The summed E-state index contributed by atoms with van der Waals surface area (Å²) in [5.74, 6) is 2.44. The molecular formula is C14H18N2O4. The fourth-order valence-electron chi connectivity index (χ4n) is 1.63. The number of nitrogens with zero attached hydrogens (tertiary/aromatic N) is 2. The molecule has 2 rings (SSSR count). The van der Waals surface area contributed by atoms with Crippen LogP contribution < -0.4 is 9.47 Å². The number of benzene rings is 1. The van der Waals surface area contributed by atoms with Crippen LogP contribution in [0.5, 0.6) is 11.5 Å². The molecule has 1 aromatic carbocycles. The van der Waals surface area contributed by atoms with Crippen LogP contribution in [0.2, 0.25) is 0 Å². The molecule has 0 amide bonds. The van der Waals surface area contributed by atoms with Crippen molar-refractivity contribution in [3.05, 3.63) is 36.0 Å². The molecule has 108 valence electrons. The van der Waals surface area contributed by atoms with Crippen LogP contribution in [0.1, 0.15) is 31.7 Å². The van der Waals surface area contributed by atoms with E-state index in [0.717, 1.165) is 5.75 Å². The van der Waals surface area contributed by atoms with Gasteiger partial charge in [0.2, 0.25) is 0 Å². The van der Waals surface area contributed by atoms with E-state index in [-0.39, 0.29) is 12.7 Å². The highest BCUT2D eigenvalue weighted by Gasteiger charge is 2.13. The van der Waals surface area contributed by atoms with Gasteiger partial charge < -0.3 is 18.7 Å². The van der Waals surface area contributed by atoms with Crippen molar-refractivity contribution in [1.29, 1.82) is 0 Å². The van der Waals surface area contributed by atoms with E-state index in [2.05, 4.69) is 10.1 Å².